The van der Waals surface area contributed by atoms with Crippen molar-refractivity contribution in [1.29, 1.82) is 0 Å². The largest absolute Gasteiger partial charge is 0.493 e. The monoisotopic (exact) mass is 321 g/mol. The molecule has 0 radical (unpaired) electrons. The lowest BCUT2D eigenvalue weighted by Gasteiger charge is -2.46. The Labute approximate surface area is 135 Å². The van der Waals surface area contributed by atoms with Crippen molar-refractivity contribution in [3.05, 3.63) is 23.3 Å². The average Bonchev–Trinajstić information content (AvgIpc) is 2.53. The number of hydrogen-bond acceptors (Lipinski definition) is 5. The van der Waals surface area contributed by atoms with Crippen LogP contribution in [0.25, 0.3) is 0 Å². The molecule has 3 rings (SSSR count). The maximum absolute atomic E-state index is 10.9. The van der Waals surface area contributed by atoms with E-state index in [9.17, 15) is 4.79 Å². The second-order valence-corrected chi connectivity index (χ2v) is 6.12. The number of nitrogens with two attached hydrogens (primary N) is 1. The van der Waals surface area contributed by atoms with Gasteiger partial charge in [0.05, 0.1) is 20.3 Å². The van der Waals surface area contributed by atoms with E-state index >= 15 is 0 Å². The first-order valence-electron chi connectivity index (χ1n) is 7.77. The van der Waals surface area contributed by atoms with Crippen molar-refractivity contribution in [3.8, 4) is 11.5 Å². The first kappa shape index (κ1) is 15.9. The van der Waals surface area contributed by atoms with Crippen LogP contribution in [0.2, 0.25) is 0 Å². The van der Waals surface area contributed by atoms with Gasteiger partial charge in [-0.3, -0.25) is 4.90 Å². The van der Waals surface area contributed by atoms with Crippen LogP contribution in [0.3, 0.4) is 0 Å². The molecule has 0 bridgehead atoms. The molecule has 126 valence electrons. The Bertz CT molecular complexity index is 607. The zero-order valence-electron chi connectivity index (χ0n) is 13.4. The summed E-state index contributed by atoms with van der Waals surface area (Å²) >= 11 is 0. The summed E-state index contributed by atoms with van der Waals surface area (Å²) in [6, 6.07) is 3.83. The smallest absolute Gasteiger partial charge is 0.404 e. The summed E-state index contributed by atoms with van der Waals surface area (Å²) in [5, 5.41) is 11.5. The number of hydrogen-bond donors (Lipinski definition) is 3. The van der Waals surface area contributed by atoms with Crippen LogP contribution in [0.5, 0.6) is 11.5 Å². The Kier molecular flexibility index (Phi) is 4.32. The highest BCUT2D eigenvalue weighted by Crippen LogP contribution is 2.41. The fraction of sp³-hybridized carbons (Fsp3) is 0.562. The number of amides is 1. The van der Waals surface area contributed by atoms with Crippen LogP contribution in [0.4, 0.5) is 4.79 Å². The van der Waals surface area contributed by atoms with E-state index in [-0.39, 0.29) is 18.1 Å². The van der Waals surface area contributed by atoms with Crippen molar-refractivity contribution in [2.45, 2.75) is 31.0 Å². The third-order valence-electron chi connectivity index (χ3n) is 4.87. The highest BCUT2D eigenvalue weighted by molar-refractivity contribution is 5.65. The number of benzene rings is 1. The Balaban J connectivity index is 1.88. The van der Waals surface area contributed by atoms with E-state index in [2.05, 4.69) is 10.2 Å². The molecule has 0 aromatic heterocycles. The third kappa shape index (κ3) is 2.94. The van der Waals surface area contributed by atoms with E-state index in [1.54, 1.807) is 14.2 Å². The third-order valence-corrected chi connectivity index (χ3v) is 4.87. The fourth-order valence-corrected chi connectivity index (χ4v) is 3.70. The van der Waals surface area contributed by atoms with Gasteiger partial charge in [-0.05, 0) is 36.1 Å². The van der Waals surface area contributed by atoms with Gasteiger partial charge >= 0.3 is 6.09 Å². The summed E-state index contributed by atoms with van der Waals surface area (Å²) in [5.41, 5.74) is 8.67. The number of nitrogens with zero attached hydrogens (tertiary/aromatic N) is 1. The van der Waals surface area contributed by atoms with Gasteiger partial charge in [-0.15, -0.1) is 0 Å². The zero-order chi connectivity index (χ0) is 16.6. The summed E-state index contributed by atoms with van der Waals surface area (Å²) in [6.07, 6.45) is 0.599. The number of ether oxygens (including phenoxy) is 2. The van der Waals surface area contributed by atoms with Gasteiger partial charge in [-0.25, -0.2) is 4.79 Å². The minimum absolute atomic E-state index is 0.195. The van der Waals surface area contributed by atoms with Crippen molar-refractivity contribution in [2.75, 3.05) is 27.3 Å². The lowest BCUT2D eigenvalue weighted by molar-refractivity contribution is 0.0957. The predicted molar refractivity (Wildman–Crippen MR) is 85.1 cm³/mol. The molecule has 0 saturated carbocycles. The minimum Gasteiger partial charge on any atom is -0.493 e. The molecule has 1 aromatic rings. The van der Waals surface area contributed by atoms with Crippen LogP contribution in [0.15, 0.2) is 12.1 Å². The van der Waals surface area contributed by atoms with Gasteiger partial charge in [-0.2, -0.15) is 0 Å². The molecule has 3 atom stereocenters. The molecular weight excluding hydrogens is 298 g/mol. The molecule has 1 amide bonds. The molecule has 1 aromatic carbocycles. The van der Waals surface area contributed by atoms with E-state index in [1.807, 2.05) is 12.1 Å². The number of fused-ring (bicyclic) bond motifs is 3. The van der Waals surface area contributed by atoms with Gasteiger partial charge in [0.2, 0.25) is 0 Å². The average molecular weight is 321 g/mol. The SMILES string of the molecule is COc1cc2c(cc1OC)C1CC(N)C(NC(=O)O)CN1CC2. The van der Waals surface area contributed by atoms with Crippen molar-refractivity contribution < 1.29 is 19.4 Å². The number of carboxylic acid groups (broad SMARTS) is 1. The summed E-state index contributed by atoms with van der Waals surface area (Å²) in [6.45, 7) is 1.52. The van der Waals surface area contributed by atoms with Crippen LogP contribution in [0.1, 0.15) is 23.6 Å². The molecule has 1 saturated heterocycles. The molecule has 0 spiro atoms. The standard InChI is InChI=1S/C16H23N3O4/c1-22-14-5-9-3-4-19-8-12(18-16(20)21)11(17)7-13(19)10(9)6-15(14)23-2/h5-6,11-13,18H,3-4,7-8,17H2,1-2H3,(H,20,21). The second kappa shape index (κ2) is 6.25. The van der Waals surface area contributed by atoms with Gasteiger partial charge in [0, 0.05) is 25.2 Å². The first-order valence-corrected chi connectivity index (χ1v) is 7.77. The highest BCUT2D eigenvalue weighted by atomic mass is 16.5. The zero-order valence-corrected chi connectivity index (χ0v) is 13.4. The summed E-state index contributed by atoms with van der Waals surface area (Å²) < 4.78 is 10.8. The molecule has 2 aliphatic rings. The van der Waals surface area contributed by atoms with Gasteiger partial charge in [-0.1, -0.05) is 0 Å². The number of nitrogens with one attached hydrogen (secondary N) is 1. The number of rotatable bonds is 3. The molecule has 23 heavy (non-hydrogen) atoms. The van der Waals surface area contributed by atoms with E-state index < -0.39 is 6.09 Å². The minimum atomic E-state index is -1.02. The Morgan fingerprint density at radius 1 is 1.35 bits per heavy atom. The summed E-state index contributed by atoms with van der Waals surface area (Å²) in [7, 11) is 3.27. The topological polar surface area (TPSA) is 97.1 Å². The van der Waals surface area contributed by atoms with E-state index in [0.29, 0.717) is 18.7 Å². The van der Waals surface area contributed by atoms with E-state index in [1.165, 1.54) is 11.1 Å². The Hall–Kier alpha value is -1.99. The van der Waals surface area contributed by atoms with Gasteiger partial charge in [0.15, 0.2) is 11.5 Å². The predicted octanol–water partition coefficient (Wildman–Crippen LogP) is 0.970. The molecule has 7 heteroatoms. The molecule has 7 nitrogen and oxygen atoms in total. The molecule has 2 aliphatic heterocycles. The second-order valence-electron chi connectivity index (χ2n) is 6.12. The van der Waals surface area contributed by atoms with Gasteiger partial charge in [0.1, 0.15) is 0 Å². The molecule has 0 aliphatic carbocycles. The number of methoxy groups -OCH3 is 2. The normalized spacial score (nSPS) is 26.8. The first-order chi connectivity index (χ1) is 11.0. The maximum atomic E-state index is 10.9. The van der Waals surface area contributed by atoms with Gasteiger partial charge < -0.3 is 25.6 Å². The van der Waals surface area contributed by atoms with Crippen LogP contribution >= 0.6 is 0 Å². The molecule has 2 heterocycles. The number of carbonyl (C=O) groups is 1. The van der Waals surface area contributed by atoms with Gasteiger partial charge in [0.25, 0.3) is 0 Å². The Morgan fingerprint density at radius 3 is 2.70 bits per heavy atom. The maximum Gasteiger partial charge on any atom is 0.404 e. The van der Waals surface area contributed by atoms with Crippen molar-refractivity contribution in [3.63, 3.8) is 0 Å². The van der Waals surface area contributed by atoms with E-state index in [0.717, 1.165) is 18.7 Å². The fourth-order valence-electron chi connectivity index (χ4n) is 3.70. The molecule has 4 N–H and O–H groups in total. The lowest BCUT2D eigenvalue weighted by atomic mass is 9.83. The van der Waals surface area contributed by atoms with E-state index in [4.69, 9.17) is 20.3 Å². The lowest BCUT2D eigenvalue weighted by Crippen LogP contribution is -2.59. The molecule has 3 unspecified atom stereocenters. The molecular formula is C16H23N3O4. The van der Waals surface area contributed by atoms with Crippen molar-refractivity contribution in [2.24, 2.45) is 5.73 Å². The van der Waals surface area contributed by atoms with Crippen LogP contribution in [-0.4, -0.2) is 55.5 Å². The van der Waals surface area contributed by atoms with Crippen LogP contribution < -0.4 is 20.5 Å². The summed E-state index contributed by atoms with van der Waals surface area (Å²) in [5.74, 6) is 1.46. The van der Waals surface area contributed by atoms with Crippen LogP contribution in [0, 0.1) is 0 Å². The van der Waals surface area contributed by atoms with Crippen molar-refractivity contribution >= 4 is 6.09 Å². The molecule has 1 fully saturated rings. The quantitative estimate of drug-likeness (QED) is 0.767. The van der Waals surface area contributed by atoms with Crippen LogP contribution in [-0.2, 0) is 6.42 Å². The highest BCUT2D eigenvalue weighted by Gasteiger charge is 2.38. The summed E-state index contributed by atoms with van der Waals surface area (Å²) in [4.78, 5) is 13.2. The number of piperidine rings is 1. The Morgan fingerprint density at radius 2 is 2.04 bits per heavy atom. The van der Waals surface area contributed by atoms with Crippen molar-refractivity contribution in [1.82, 2.24) is 10.2 Å².